The third-order valence-corrected chi connectivity index (χ3v) is 8.17. The van der Waals surface area contributed by atoms with Gasteiger partial charge in [-0.05, 0) is 67.1 Å². The van der Waals surface area contributed by atoms with Crippen LogP contribution < -0.4 is 24.8 Å². The van der Waals surface area contributed by atoms with Crippen molar-refractivity contribution in [3.05, 3.63) is 104 Å². The lowest BCUT2D eigenvalue weighted by molar-refractivity contribution is -0.386. The second kappa shape index (κ2) is 12.1. The Morgan fingerprint density at radius 3 is 2.30 bits per heavy atom. The third-order valence-electron chi connectivity index (χ3n) is 8.17. The zero-order valence-electron chi connectivity index (χ0n) is 25.0. The van der Waals surface area contributed by atoms with Crippen LogP contribution in [0.1, 0.15) is 48.3 Å². The van der Waals surface area contributed by atoms with Crippen LogP contribution in [0.15, 0.2) is 77.1 Å². The van der Waals surface area contributed by atoms with Crippen LogP contribution in [-0.4, -0.2) is 43.0 Å². The van der Waals surface area contributed by atoms with Gasteiger partial charge in [0.2, 0.25) is 5.75 Å². The molecule has 228 valence electrons. The first-order chi connectivity index (χ1) is 21.1. The molecule has 1 aliphatic heterocycles. The van der Waals surface area contributed by atoms with Gasteiger partial charge in [0.15, 0.2) is 23.0 Å². The van der Waals surface area contributed by atoms with Crippen molar-refractivity contribution < 1.29 is 33.8 Å². The Bertz CT molecular complexity index is 1740. The first kappa shape index (κ1) is 30.1. The number of rotatable bonds is 8. The first-order valence-corrected chi connectivity index (χ1v) is 14.0. The zero-order valence-corrected chi connectivity index (χ0v) is 25.0. The molecule has 1 aliphatic carbocycles. The summed E-state index contributed by atoms with van der Waals surface area (Å²) in [6.45, 7) is 3.60. The summed E-state index contributed by atoms with van der Waals surface area (Å²) in [5.74, 6) is -1.52. The standard InChI is InChI=1S/C33H33N3O8/c1-17-8-6-7-9-22(17)35-33(39)29-18(2)34-23-12-20(19-10-11-26(42-3)27(15-19)43-4)14-25(37)31(23)30(29)21-13-24(36(40)41)32(38)28(16-21)44-5/h6-11,13,15-16,20,30,34,38H,12,14H2,1-5H3,(H,35,39)/t20-,30+/m1/s1. The number of allylic oxidation sites excluding steroid dienone is 3. The van der Waals surface area contributed by atoms with Gasteiger partial charge in [-0.1, -0.05) is 24.3 Å². The van der Waals surface area contributed by atoms with Crippen LogP contribution in [0.2, 0.25) is 0 Å². The van der Waals surface area contributed by atoms with Gasteiger partial charge >= 0.3 is 5.69 Å². The van der Waals surface area contributed by atoms with Crippen LogP contribution >= 0.6 is 0 Å². The highest BCUT2D eigenvalue weighted by Gasteiger charge is 2.42. The Hall–Kier alpha value is -5.32. The average Bonchev–Trinajstić information content (AvgIpc) is 3.00. The number of aryl methyl sites for hydroxylation is 1. The van der Waals surface area contributed by atoms with Gasteiger partial charge in [-0.15, -0.1) is 0 Å². The number of aromatic hydroxyl groups is 1. The van der Waals surface area contributed by atoms with E-state index in [0.717, 1.165) is 11.1 Å². The van der Waals surface area contributed by atoms with Gasteiger partial charge in [0.05, 0.1) is 26.3 Å². The lowest BCUT2D eigenvalue weighted by Crippen LogP contribution is -2.37. The lowest BCUT2D eigenvalue weighted by atomic mass is 9.71. The highest BCUT2D eigenvalue weighted by atomic mass is 16.6. The van der Waals surface area contributed by atoms with E-state index < -0.39 is 28.2 Å². The molecule has 1 heterocycles. The summed E-state index contributed by atoms with van der Waals surface area (Å²) in [6.07, 6.45) is 0.573. The number of hydrogen-bond acceptors (Lipinski definition) is 9. The maximum absolute atomic E-state index is 14.1. The largest absolute Gasteiger partial charge is 0.500 e. The van der Waals surface area contributed by atoms with Gasteiger partial charge in [-0.2, -0.15) is 0 Å². The topological polar surface area (TPSA) is 149 Å². The molecule has 1 amide bonds. The Morgan fingerprint density at radius 1 is 0.955 bits per heavy atom. The normalized spacial score (nSPS) is 17.9. The molecule has 2 aliphatic rings. The van der Waals surface area contributed by atoms with Crippen LogP contribution in [-0.2, 0) is 9.59 Å². The molecule has 0 radical (unpaired) electrons. The molecule has 11 heteroatoms. The fourth-order valence-corrected chi connectivity index (χ4v) is 5.99. The molecule has 5 rings (SSSR count). The van der Waals surface area contributed by atoms with Crippen LogP contribution in [0, 0.1) is 17.0 Å². The minimum Gasteiger partial charge on any atom is -0.500 e. The predicted octanol–water partition coefficient (Wildman–Crippen LogP) is 5.63. The maximum Gasteiger partial charge on any atom is 0.314 e. The number of nitro groups is 1. The number of anilines is 1. The van der Waals surface area contributed by atoms with Crippen molar-refractivity contribution in [2.45, 2.75) is 38.5 Å². The number of carbonyl (C=O) groups is 2. The van der Waals surface area contributed by atoms with Crippen molar-refractivity contribution in [2.75, 3.05) is 26.6 Å². The van der Waals surface area contributed by atoms with Gasteiger partial charge in [-0.3, -0.25) is 19.7 Å². The molecule has 0 fully saturated rings. The SMILES string of the molecule is COc1ccc([C@H]2CC(=O)C3=C(C2)NC(C)=C(C(=O)Nc2ccccc2C)[C@@H]3c2cc(OC)c(O)c([N+](=O)[O-])c2)cc1OC. The molecular formula is C33H33N3O8. The monoisotopic (exact) mass is 599 g/mol. The van der Waals surface area contributed by atoms with Crippen LogP contribution in [0.25, 0.3) is 0 Å². The van der Waals surface area contributed by atoms with Crippen LogP contribution in [0.4, 0.5) is 11.4 Å². The molecule has 0 bridgehead atoms. The van der Waals surface area contributed by atoms with E-state index in [1.54, 1.807) is 39.3 Å². The van der Waals surface area contributed by atoms with Crippen molar-refractivity contribution in [3.63, 3.8) is 0 Å². The second-order valence-electron chi connectivity index (χ2n) is 10.7. The van der Waals surface area contributed by atoms with Crippen molar-refractivity contribution in [1.82, 2.24) is 5.32 Å². The molecule has 0 unspecified atom stereocenters. The maximum atomic E-state index is 14.1. The quantitative estimate of drug-likeness (QED) is 0.221. The Kier molecular flexibility index (Phi) is 8.30. The van der Waals surface area contributed by atoms with Gasteiger partial charge in [0.1, 0.15) is 0 Å². The summed E-state index contributed by atoms with van der Waals surface area (Å²) in [7, 11) is 4.38. The number of ether oxygens (including phenoxy) is 3. The smallest absolute Gasteiger partial charge is 0.314 e. The second-order valence-corrected chi connectivity index (χ2v) is 10.7. The molecular weight excluding hydrogens is 566 g/mol. The molecule has 0 saturated heterocycles. The number of benzene rings is 3. The van der Waals surface area contributed by atoms with E-state index in [-0.39, 0.29) is 35.0 Å². The lowest BCUT2D eigenvalue weighted by Gasteiger charge is -2.37. The van der Waals surface area contributed by atoms with Crippen LogP contribution in [0.3, 0.4) is 0 Å². The number of hydrogen-bond donors (Lipinski definition) is 3. The summed E-state index contributed by atoms with van der Waals surface area (Å²) in [5, 5.41) is 28.7. The summed E-state index contributed by atoms with van der Waals surface area (Å²) in [6, 6.07) is 15.5. The number of carbonyl (C=O) groups excluding carboxylic acids is 2. The summed E-state index contributed by atoms with van der Waals surface area (Å²) in [5.41, 5.74) is 3.67. The fourth-order valence-electron chi connectivity index (χ4n) is 5.99. The van der Waals surface area contributed by atoms with E-state index in [1.807, 2.05) is 31.2 Å². The fraction of sp³-hybridized carbons (Fsp3) is 0.273. The van der Waals surface area contributed by atoms with Crippen LogP contribution in [0.5, 0.6) is 23.0 Å². The Morgan fingerprint density at radius 2 is 1.64 bits per heavy atom. The molecule has 0 spiro atoms. The number of methoxy groups -OCH3 is 3. The van der Waals surface area contributed by atoms with Crippen molar-refractivity contribution in [3.8, 4) is 23.0 Å². The number of ketones is 1. The van der Waals surface area contributed by atoms with Gasteiger partial charge < -0.3 is 30.0 Å². The number of para-hydroxylation sites is 1. The van der Waals surface area contributed by atoms with Gasteiger partial charge in [-0.25, -0.2) is 0 Å². The first-order valence-electron chi connectivity index (χ1n) is 14.0. The number of Topliss-reactive ketones (excluding diaryl/α,β-unsaturated/α-hetero) is 1. The summed E-state index contributed by atoms with van der Waals surface area (Å²) in [4.78, 5) is 39.2. The summed E-state index contributed by atoms with van der Waals surface area (Å²) < 4.78 is 16.1. The number of nitrogens with zero attached hydrogens (tertiary/aromatic N) is 1. The molecule has 3 aromatic rings. The minimum absolute atomic E-state index is 0.134. The van der Waals surface area contributed by atoms with E-state index >= 15 is 0 Å². The molecule has 2 atom stereocenters. The average molecular weight is 600 g/mol. The Balaban J connectivity index is 1.64. The number of nitro benzene ring substituents is 1. The van der Waals surface area contributed by atoms with Crippen molar-refractivity contribution in [2.24, 2.45) is 0 Å². The van der Waals surface area contributed by atoms with Crippen molar-refractivity contribution in [1.29, 1.82) is 0 Å². The zero-order chi connectivity index (χ0) is 31.7. The van der Waals surface area contributed by atoms with Gasteiger partial charge in [0.25, 0.3) is 5.91 Å². The highest BCUT2D eigenvalue weighted by Crippen LogP contribution is 2.49. The van der Waals surface area contributed by atoms with Gasteiger partial charge in [0, 0.05) is 46.6 Å². The molecule has 3 aromatic carbocycles. The highest BCUT2D eigenvalue weighted by molar-refractivity contribution is 6.10. The van der Waals surface area contributed by atoms with E-state index in [9.17, 15) is 24.8 Å². The number of phenols is 1. The molecule has 0 saturated carbocycles. The predicted molar refractivity (Wildman–Crippen MR) is 163 cm³/mol. The van der Waals surface area contributed by atoms with Crippen molar-refractivity contribution >= 4 is 23.1 Å². The molecule has 44 heavy (non-hydrogen) atoms. The van der Waals surface area contributed by atoms with E-state index in [1.165, 1.54) is 19.2 Å². The number of nitrogens with one attached hydrogen (secondary N) is 2. The Labute approximate surface area is 254 Å². The molecule has 3 N–H and O–H groups in total. The molecule has 0 aromatic heterocycles. The van der Waals surface area contributed by atoms with E-state index in [0.29, 0.717) is 40.6 Å². The number of dihydropyridines is 1. The minimum atomic E-state index is -0.970. The number of amides is 1. The van der Waals surface area contributed by atoms with E-state index in [2.05, 4.69) is 10.6 Å². The molecule has 11 nitrogen and oxygen atoms in total. The third kappa shape index (κ3) is 5.44. The van der Waals surface area contributed by atoms with E-state index in [4.69, 9.17) is 14.2 Å². The number of phenolic OH excluding ortho intramolecular Hbond substituents is 1. The summed E-state index contributed by atoms with van der Waals surface area (Å²) >= 11 is 0.